The first-order chi connectivity index (χ1) is 20.6. The third kappa shape index (κ3) is 4.76. The molecule has 0 bridgehead atoms. The lowest BCUT2D eigenvalue weighted by Gasteiger charge is -2.62. The number of hydrogen-bond donors (Lipinski definition) is 2. The van der Waals surface area contributed by atoms with Crippen molar-refractivity contribution in [3.05, 3.63) is 23.8 Å². The number of alkyl halides is 1. The van der Waals surface area contributed by atoms with Crippen molar-refractivity contribution in [1.82, 2.24) is 5.06 Å². The number of ketones is 2. The van der Waals surface area contributed by atoms with E-state index in [1.807, 2.05) is 0 Å². The average Bonchev–Trinajstić information content (AvgIpc) is 3.38. The molecule has 1 heterocycles. The molecule has 11 nitrogen and oxygen atoms in total. The predicted octanol–water partition coefficient (Wildman–Crippen LogP) is 2.61. The van der Waals surface area contributed by atoms with Gasteiger partial charge in [0, 0.05) is 42.4 Å². The van der Waals surface area contributed by atoms with Gasteiger partial charge >= 0.3 is 11.9 Å². The number of hydroxylamine groups is 2. The summed E-state index contributed by atoms with van der Waals surface area (Å²) < 4.78 is 22.5. The van der Waals surface area contributed by atoms with Crippen molar-refractivity contribution in [2.24, 2.45) is 28.6 Å². The van der Waals surface area contributed by atoms with E-state index < -0.39 is 82.1 Å². The summed E-state index contributed by atoms with van der Waals surface area (Å²) in [5.74, 6) is -5.28. The van der Waals surface area contributed by atoms with Gasteiger partial charge in [-0.2, -0.15) is 0 Å². The summed E-state index contributed by atoms with van der Waals surface area (Å²) in [5, 5.41) is 23.9. The van der Waals surface area contributed by atoms with E-state index in [1.54, 1.807) is 26.8 Å². The number of halogens is 1. The number of hydrogen-bond acceptors (Lipinski definition) is 10. The second kappa shape index (κ2) is 11.3. The topological polar surface area (TPSA) is 165 Å². The minimum absolute atomic E-state index is 0.0131. The summed E-state index contributed by atoms with van der Waals surface area (Å²) in [7, 11) is 0. The van der Waals surface area contributed by atoms with E-state index in [2.05, 4.69) is 0 Å². The second-order valence-electron chi connectivity index (χ2n) is 13.5. The van der Waals surface area contributed by atoms with Crippen LogP contribution in [0.4, 0.5) is 4.39 Å². The third-order valence-corrected chi connectivity index (χ3v) is 11.2. The van der Waals surface area contributed by atoms with Crippen molar-refractivity contribution < 1.29 is 52.9 Å². The molecular formula is C32H40FNO10. The molecule has 3 saturated carbocycles. The summed E-state index contributed by atoms with van der Waals surface area (Å²) in [6.45, 7) is 4.43. The lowest BCUT2D eigenvalue weighted by Crippen LogP contribution is -2.69. The largest absolute Gasteiger partial charge is 0.458 e. The van der Waals surface area contributed by atoms with E-state index in [0.29, 0.717) is 29.9 Å². The Labute approximate surface area is 254 Å². The monoisotopic (exact) mass is 617 g/mol. The maximum atomic E-state index is 17.3. The van der Waals surface area contributed by atoms with E-state index in [4.69, 9.17) is 9.57 Å². The molecular weight excluding hydrogens is 577 g/mol. The Bertz CT molecular complexity index is 1340. The van der Waals surface area contributed by atoms with Gasteiger partial charge in [-0.1, -0.05) is 25.5 Å². The van der Waals surface area contributed by atoms with Gasteiger partial charge in [0.15, 0.2) is 18.1 Å². The van der Waals surface area contributed by atoms with Crippen LogP contribution in [0.1, 0.15) is 85.0 Å². The molecule has 2 amide bonds. The fraction of sp³-hybridized carbons (Fsp3) is 0.688. The van der Waals surface area contributed by atoms with E-state index >= 15 is 4.39 Å². The molecule has 240 valence electrons. The molecule has 0 aromatic heterocycles. The van der Waals surface area contributed by atoms with Crippen LogP contribution in [-0.2, 0) is 38.3 Å². The average molecular weight is 618 g/mol. The molecule has 8 atom stereocenters. The van der Waals surface area contributed by atoms with Crippen molar-refractivity contribution >= 4 is 35.3 Å². The zero-order chi connectivity index (χ0) is 32.2. The van der Waals surface area contributed by atoms with E-state index in [1.165, 1.54) is 12.2 Å². The Hall–Kier alpha value is -3.25. The molecule has 5 aliphatic rings. The van der Waals surface area contributed by atoms with E-state index in [9.17, 15) is 39.0 Å². The lowest BCUT2D eigenvalue weighted by atomic mass is 9.44. The first-order valence-corrected chi connectivity index (χ1v) is 15.4. The van der Waals surface area contributed by atoms with Crippen LogP contribution in [0.5, 0.6) is 0 Å². The number of aliphatic hydroxyl groups excluding tert-OH is 1. The molecule has 0 aromatic carbocycles. The first-order valence-electron chi connectivity index (χ1n) is 15.4. The van der Waals surface area contributed by atoms with Crippen LogP contribution in [0.3, 0.4) is 0 Å². The van der Waals surface area contributed by atoms with Gasteiger partial charge in [0.05, 0.1) is 6.10 Å². The van der Waals surface area contributed by atoms with Crippen LogP contribution in [-0.4, -0.2) is 74.6 Å². The Morgan fingerprint density at radius 2 is 1.66 bits per heavy atom. The minimum atomic E-state index is -2.09. The number of unbranched alkanes of at least 4 members (excludes halogenated alkanes) is 1. The number of carbonyl (C=O) groups excluding carboxylic acids is 6. The molecule has 4 aliphatic carbocycles. The maximum absolute atomic E-state index is 17.3. The number of rotatable bonds is 9. The van der Waals surface area contributed by atoms with Crippen LogP contribution >= 0.6 is 0 Å². The molecule has 1 saturated heterocycles. The van der Waals surface area contributed by atoms with Gasteiger partial charge in [-0.15, -0.1) is 5.06 Å². The SMILES string of the molecule is C[C@@H]1C[C@H]2[C@@H]3CCC4=CC(=O)C=C[C@]4(C)[C@@]3(F)[C@@H](O)C[C@]2(C)[C@@]1(O)C(=O)COC(=O)CCCCC(=O)ON1C(=O)CCC1=O. The van der Waals surface area contributed by atoms with Crippen molar-refractivity contribution in [2.45, 2.75) is 102 Å². The number of esters is 1. The molecule has 12 heteroatoms. The number of amides is 2. The first kappa shape index (κ1) is 32.2. The summed E-state index contributed by atoms with van der Waals surface area (Å²) >= 11 is 0. The molecule has 0 spiro atoms. The smallest absolute Gasteiger partial charge is 0.333 e. The minimum Gasteiger partial charge on any atom is -0.458 e. The highest BCUT2D eigenvalue weighted by Crippen LogP contribution is 2.70. The normalized spacial score (nSPS) is 39.4. The molecule has 4 fully saturated rings. The van der Waals surface area contributed by atoms with Crippen LogP contribution in [0.2, 0.25) is 0 Å². The van der Waals surface area contributed by atoms with Gasteiger partial charge in [-0.3, -0.25) is 24.0 Å². The molecule has 0 aromatic rings. The molecule has 0 unspecified atom stereocenters. The predicted molar refractivity (Wildman–Crippen MR) is 149 cm³/mol. The molecule has 5 rings (SSSR count). The number of carbonyl (C=O) groups is 6. The van der Waals surface area contributed by atoms with Crippen LogP contribution in [0, 0.1) is 28.6 Å². The third-order valence-electron chi connectivity index (χ3n) is 11.2. The number of Topliss-reactive ketones (excluding diaryl/α,β-unsaturated/α-hetero) is 1. The van der Waals surface area contributed by atoms with E-state index in [-0.39, 0.29) is 50.7 Å². The van der Waals surface area contributed by atoms with Gasteiger partial charge in [0.2, 0.25) is 5.78 Å². The summed E-state index contributed by atoms with van der Waals surface area (Å²) in [5.41, 5.74) is -5.79. The lowest BCUT2D eigenvalue weighted by molar-refractivity contribution is -0.220. The molecule has 2 N–H and O–H groups in total. The summed E-state index contributed by atoms with van der Waals surface area (Å²) in [4.78, 5) is 77.8. The molecule has 1 aliphatic heterocycles. The van der Waals surface area contributed by atoms with Gasteiger partial charge in [-0.05, 0) is 69.4 Å². The van der Waals surface area contributed by atoms with Crippen molar-refractivity contribution in [3.63, 3.8) is 0 Å². The van der Waals surface area contributed by atoms with Crippen LogP contribution in [0.25, 0.3) is 0 Å². The van der Waals surface area contributed by atoms with Crippen LogP contribution < -0.4 is 0 Å². The highest BCUT2D eigenvalue weighted by atomic mass is 19.1. The number of aliphatic hydroxyl groups is 2. The number of fused-ring (bicyclic) bond motifs is 5. The van der Waals surface area contributed by atoms with Gasteiger partial charge in [0.25, 0.3) is 11.8 Å². The highest BCUT2D eigenvalue weighted by molar-refractivity contribution is 6.02. The zero-order valence-electron chi connectivity index (χ0n) is 25.3. The molecule has 0 radical (unpaired) electrons. The van der Waals surface area contributed by atoms with Gasteiger partial charge in [-0.25, -0.2) is 9.18 Å². The van der Waals surface area contributed by atoms with Gasteiger partial charge < -0.3 is 19.8 Å². The van der Waals surface area contributed by atoms with Crippen molar-refractivity contribution in [2.75, 3.05) is 6.61 Å². The quantitative estimate of drug-likeness (QED) is 0.223. The van der Waals surface area contributed by atoms with Crippen LogP contribution in [0.15, 0.2) is 23.8 Å². The Kier molecular flexibility index (Phi) is 8.24. The van der Waals surface area contributed by atoms with Gasteiger partial charge in [0.1, 0.15) is 5.60 Å². The highest BCUT2D eigenvalue weighted by Gasteiger charge is 2.75. The second-order valence-corrected chi connectivity index (χ2v) is 13.5. The Morgan fingerprint density at radius 3 is 2.32 bits per heavy atom. The maximum Gasteiger partial charge on any atom is 0.333 e. The van der Waals surface area contributed by atoms with Crippen molar-refractivity contribution in [1.29, 1.82) is 0 Å². The number of allylic oxidation sites excluding steroid dienone is 4. The Morgan fingerprint density at radius 1 is 1.02 bits per heavy atom. The number of ether oxygens (including phenoxy) is 1. The van der Waals surface area contributed by atoms with E-state index in [0.717, 1.165) is 0 Å². The zero-order valence-corrected chi connectivity index (χ0v) is 25.3. The summed E-state index contributed by atoms with van der Waals surface area (Å²) in [6, 6.07) is 0. The Balaban J connectivity index is 1.18. The fourth-order valence-corrected chi connectivity index (χ4v) is 8.81. The standard InChI is InChI=1S/C32H40FNO10/c1-18-14-22-21-9-8-19-15-20(35)12-13-29(19,2)31(21,33)23(36)16-30(22,3)32(18,42)24(37)17-43-27(40)6-4-5-7-28(41)44-34-25(38)10-11-26(34)39/h12-13,15,18,21-23,36,42H,4-11,14,16-17H2,1-3H3/t18-,21+,22+,23+,29+,30+,31+,32+/m1/s1. The molecule has 44 heavy (non-hydrogen) atoms. The number of imide groups is 1. The summed E-state index contributed by atoms with van der Waals surface area (Å²) in [6.07, 6.45) is 3.96. The fourth-order valence-electron chi connectivity index (χ4n) is 8.81. The van der Waals surface area contributed by atoms with Crippen molar-refractivity contribution in [3.8, 4) is 0 Å². The number of nitrogens with zero attached hydrogens (tertiary/aromatic N) is 1.